The van der Waals surface area contributed by atoms with Crippen molar-refractivity contribution in [3.63, 3.8) is 0 Å². The smallest absolute Gasteiger partial charge is 0.0840 e. The molecule has 0 heterocycles. The van der Waals surface area contributed by atoms with Crippen LogP contribution in [0.2, 0.25) is 0 Å². The molecule has 0 rings (SSSR count). The highest BCUT2D eigenvalue weighted by Crippen LogP contribution is 2.33. The van der Waals surface area contributed by atoms with Gasteiger partial charge in [-0.15, -0.1) is 0 Å². The maximum absolute atomic E-state index is 3.26. The van der Waals surface area contributed by atoms with Crippen LogP contribution in [0.3, 0.4) is 0 Å². The first-order chi connectivity index (χ1) is 2.00. The van der Waals surface area contributed by atoms with Gasteiger partial charge < -0.3 is 0 Å². The molecule has 0 N–H and O–H groups in total. The largest absolute Gasteiger partial charge is 0.336 e. The van der Waals surface area contributed by atoms with Crippen molar-refractivity contribution in [1.29, 1.82) is 0 Å². The van der Waals surface area contributed by atoms with Crippen molar-refractivity contribution in [2.75, 3.05) is 0 Å². The zero-order valence-electron chi connectivity index (χ0n) is 2.01. The van der Waals surface area contributed by atoms with Crippen LogP contribution in [-0.4, -0.2) is 13.5 Å². The van der Waals surface area contributed by atoms with Gasteiger partial charge in [-0.25, -0.2) is 0 Å². The van der Waals surface area contributed by atoms with Crippen molar-refractivity contribution in [3.05, 3.63) is 0 Å². The summed E-state index contributed by atoms with van der Waals surface area (Å²) < 4.78 is -1.36. The second kappa shape index (κ2) is 4.25. The van der Waals surface area contributed by atoms with Crippen molar-refractivity contribution in [3.8, 4) is 0 Å². The Morgan fingerprint density at radius 3 is 0.833 bits per heavy atom. The fraction of sp³-hybridized carbons (Fsp3) is 0. The monoisotopic (exact) mass is 376 g/mol. The molecule has 0 spiro atoms. The van der Waals surface area contributed by atoms with E-state index in [4.69, 9.17) is 0 Å². The summed E-state index contributed by atoms with van der Waals surface area (Å²) in [5.74, 6) is 0. The Hall–Kier alpha value is 2.35. The quantitative estimate of drug-likeness (QED) is 0.442. The minimum atomic E-state index is -1.36. The standard InChI is InChI=1S/Br4Si.H4Si/c1-5(2,3)4;/h;1H4. The van der Waals surface area contributed by atoms with E-state index in [9.17, 15) is 0 Å². The molecule has 0 saturated heterocycles. The Balaban J connectivity index is 0. The lowest BCUT2D eigenvalue weighted by Crippen LogP contribution is -1.86. The van der Waals surface area contributed by atoms with E-state index < -0.39 is 2.55 Å². The van der Waals surface area contributed by atoms with Gasteiger partial charge in [0.15, 0.2) is 0 Å². The predicted molar refractivity (Wildman–Crippen MR) is 52.8 cm³/mol. The summed E-state index contributed by atoms with van der Waals surface area (Å²) in [7, 11) is 0. The molecule has 0 amide bonds. The van der Waals surface area contributed by atoms with Crippen molar-refractivity contribution < 1.29 is 0 Å². The topological polar surface area (TPSA) is 0 Å². The Morgan fingerprint density at radius 1 is 0.833 bits per heavy atom. The highest BCUT2D eigenvalue weighted by Gasteiger charge is 2.14. The first kappa shape index (κ1) is 11.2. The Morgan fingerprint density at radius 2 is 0.833 bits per heavy atom. The van der Waals surface area contributed by atoms with E-state index in [1.54, 1.807) is 0 Å². The van der Waals surface area contributed by atoms with Gasteiger partial charge in [0, 0.05) is 0 Å². The summed E-state index contributed by atoms with van der Waals surface area (Å²) in [4.78, 5) is 0. The molecule has 0 fully saturated rings. The molecule has 0 aromatic carbocycles. The fourth-order valence-electron chi connectivity index (χ4n) is 0. The van der Waals surface area contributed by atoms with E-state index in [2.05, 4.69) is 61.2 Å². The molecule has 0 aromatic rings. The third kappa shape index (κ3) is 32.9. The minimum absolute atomic E-state index is 0. The molecule has 0 bridgehead atoms. The van der Waals surface area contributed by atoms with Gasteiger partial charge in [-0.2, -0.15) is 0 Å². The molecule has 6 heavy (non-hydrogen) atoms. The molecule has 0 atom stereocenters. The van der Waals surface area contributed by atoms with Gasteiger partial charge in [0.2, 0.25) is 0 Å². The van der Waals surface area contributed by atoms with E-state index >= 15 is 0 Å². The zero-order chi connectivity index (χ0) is 4.50. The summed E-state index contributed by atoms with van der Waals surface area (Å²) in [5.41, 5.74) is 0. The SMILES string of the molecule is Br[Si](Br)(Br)Br.[SiH4]. The number of hydrogen-bond acceptors (Lipinski definition) is 0. The van der Waals surface area contributed by atoms with Crippen molar-refractivity contribution in [2.45, 2.75) is 0 Å². The maximum atomic E-state index is 3.26. The average molecular weight is 380 g/mol. The lowest BCUT2D eigenvalue weighted by Gasteiger charge is -1.88. The summed E-state index contributed by atoms with van der Waals surface area (Å²) >= 11 is 13.1. The molecule has 0 radical (unpaired) electrons. The number of rotatable bonds is 0. The van der Waals surface area contributed by atoms with Gasteiger partial charge in [-0.05, 0) is 11.0 Å². The third-order valence-corrected chi connectivity index (χ3v) is 0. The second-order valence-corrected chi connectivity index (χ2v) is 34.7. The van der Waals surface area contributed by atoms with Gasteiger partial charge in [0.1, 0.15) is 0 Å². The molecule has 0 unspecified atom stereocenters. The van der Waals surface area contributed by atoms with Crippen LogP contribution in [0.5, 0.6) is 0 Å². The van der Waals surface area contributed by atoms with Gasteiger partial charge in [-0.3, -0.25) is 0 Å². The van der Waals surface area contributed by atoms with E-state index in [1.165, 1.54) is 0 Å². The summed E-state index contributed by atoms with van der Waals surface area (Å²) in [5, 5.41) is 0. The second-order valence-electron chi connectivity index (χ2n) is 0.429. The van der Waals surface area contributed by atoms with Crippen LogP contribution in [0, 0.1) is 0 Å². The first-order valence-corrected chi connectivity index (χ1v) is 11.8. The molecule has 0 aliphatic rings. The normalized spacial score (nSPS) is 10.0. The minimum Gasteiger partial charge on any atom is -0.0840 e. The summed E-state index contributed by atoms with van der Waals surface area (Å²) in [6, 6.07) is 0. The maximum Gasteiger partial charge on any atom is 0.336 e. The number of hydrogen-bond donors (Lipinski definition) is 0. The molecule has 0 nitrogen and oxygen atoms in total. The highest BCUT2D eigenvalue weighted by molar-refractivity contribution is 9.90. The Bertz CT molecular complexity index is 21.0. The highest BCUT2D eigenvalue weighted by atomic mass is 80.0. The molecule has 0 aliphatic heterocycles. The van der Waals surface area contributed by atoms with E-state index in [0.717, 1.165) is 0 Å². The average Bonchev–Trinajstić information content (AvgIpc) is 0.722. The van der Waals surface area contributed by atoms with Crippen molar-refractivity contribution in [1.82, 2.24) is 0 Å². The number of halogens is 4. The van der Waals surface area contributed by atoms with Crippen molar-refractivity contribution >= 4 is 74.7 Å². The van der Waals surface area contributed by atoms with Crippen LogP contribution >= 0.6 is 61.2 Å². The molecule has 40 valence electrons. The third-order valence-electron chi connectivity index (χ3n) is 0. The van der Waals surface area contributed by atoms with Gasteiger partial charge in [0.25, 0.3) is 0 Å². The van der Waals surface area contributed by atoms with Crippen molar-refractivity contribution in [2.24, 2.45) is 0 Å². The molecule has 0 aromatic heterocycles. The van der Waals surface area contributed by atoms with E-state index in [1.807, 2.05) is 0 Å². The first-order valence-electron chi connectivity index (χ1n) is 0.756. The van der Waals surface area contributed by atoms with Crippen LogP contribution in [0.25, 0.3) is 0 Å². The summed E-state index contributed by atoms with van der Waals surface area (Å²) in [6.45, 7) is 0. The van der Waals surface area contributed by atoms with Crippen LogP contribution in [0.1, 0.15) is 0 Å². The molecule has 0 saturated carbocycles. The Labute approximate surface area is 73.8 Å². The molecular weight excluding hydrogens is 376 g/mol. The molecule has 0 aliphatic carbocycles. The molecular formula is H4Br4Si2. The summed E-state index contributed by atoms with van der Waals surface area (Å²) in [6.07, 6.45) is 0. The van der Waals surface area contributed by atoms with Gasteiger partial charge in [-0.1, -0.05) is 61.2 Å². The van der Waals surface area contributed by atoms with Crippen LogP contribution in [0.4, 0.5) is 0 Å². The fourth-order valence-corrected chi connectivity index (χ4v) is 0. The lowest BCUT2D eigenvalue weighted by atomic mass is 28.0. The van der Waals surface area contributed by atoms with Gasteiger partial charge >= 0.3 is 2.55 Å². The van der Waals surface area contributed by atoms with Crippen LogP contribution in [0.15, 0.2) is 0 Å². The van der Waals surface area contributed by atoms with Crippen LogP contribution in [-0.2, 0) is 0 Å². The van der Waals surface area contributed by atoms with Gasteiger partial charge in [0.05, 0.1) is 0 Å². The predicted octanol–water partition coefficient (Wildman–Crippen LogP) is 1.55. The molecule has 6 heteroatoms. The van der Waals surface area contributed by atoms with E-state index in [-0.39, 0.29) is 11.0 Å². The Kier molecular flexibility index (Phi) is 7.93. The van der Waals surface area contributed by atoms with Crippen LogP contribution < -0.4 is 0 Å². The lowest BCUT2D eigenvalue weighted by molar-refractivity contribution is 4.79. The van der Waals surface area contributed by atoms with E-state index in [0.29, 0.717) is 0 Å². The zero-order valence-corrected chi connectivity index (χ0v) is 9.36.